The lowest BCUT2D eigenvalue weighted by molar-refractivity contribution is -0.757. The Kier molecular flexibility index (Phi) is 14.2. The summed E-state index contributed by atoms with van der Waals surface area (Å²) in [5.74, 6) is -0.624. The highest BCUT2D eigenvalue weighted by atomic mass is 35.5. The number of hydrogen-bond donors (Lipinski definition) is 3. The van der Waals surface area contributed by atoms with Crippen molar-refractivity contribution in [3.63, 3.8) is 0 Å². The maximum Gasteiger partial charge on any atom is 0.309 e. The van der Waals surface area contributed by atoms with Crippen LogP contribution in [-0.4, -0.2) is 72.7 Å². The second-order valence-electron chi connectivity index (χ2n) is 11.5. The van der Waals surface area contributed by atoms with Crippen molar-refractivity contribution in [2.45, 2.75) is 64.8 Å². The standard InChI is InChI=1S/C33H41ClN10O6/c1-2-3-12-28-38-30(34)29(27(45)20-24(9-8-17-37-33(35)36)32(46)49-18-6-7-19-50-44(47)48)43(28)21-22-13-15-23(16-14-22)25-10-4-5-11-26(25)31-39-41-42-40-31/h4-5,10-11,13-16,24H,2-3,6-9,12,17-21H2,1H3,(H4,35,36,37)(H,39,40,41,42). The topological polar surface area (TPSA) is 232 Å². The molecule has 17 heteroatoms. The molecule has 50 heavy (non-hydrogen) atoms. The summed E-state index contributed by atoms with van der Waals surface area (Å²) in [7, 11) is 0. The Morgan fingerprint density at radius 3 is 2.48 bits per heavy atom. The number of nitrogens with two attached hydrogens (primary N) is 2. The zero-order valence-corrected chi connectivity index (χ0v) is 28.6. The van der Waals surface area contributed by atoms with Gasteiger partial charge in [0.25, 0.3) is 5.09 Å². The molecule has 0 aliphatic carbocycles. The van der Waals surface area contributed by atoms with Crippen molar-refractivity contribution < 1.29 is 24.3 Å². The first-order valence-electron chi connectivity index (χ1n) is 16.4. The predicted octanol–water partition coefficient (Wildman–Crippen LogP) is 4.55. The monoisotopic (exact) mass is 708 g/mol. The lowest BCUT2D eigenvalue weighted by Crippen LogP contribution is -2.25. The second kappa shape index (κ2) is 19.0. The fourth-order valence-electron chi connectivity index (χ4n) is 5.41. The highest BCUT2D eigenvalue weighted by molar-refractivity contribution is 6.32. The lowest BCUT2D eigenvalue weighted by Gasteiger charge is -2.17. The molecule has 0 fully saturated rings. The van der Waals surface area contributed by atoms with Gasteiger partial charge < -0.3 is 25.6 Å². The van der Waals surface area contributed by atoms with Crippen LogP contribution in [0, 0.1) is 16.0 Å². The molecule has 0 amide bonds. The van der Waals surface area contributed by atoms with Crippen LogP contribution in [0.25, 0.3) is 22.5 Å². The fourth-order valence-corrected chi connectivity index (χ4v) is 5.72. The molecule has 2 aromatic heterocycles. The van der Waals surface area contributed by atoms with Gasteiger partial charge in [-0.05, 0) is 54.0 Å². The number of guanidine groups is 1. The minimum atomic E-state index is -0.873. The second-order valence-corrected chi connectivity index (χ2v) is 11.9. The average Bonchev–Trinajstić information content (AvgIpc) is 3.74. The van der Waals surface area contributed by atoms with E-state index in [-0.39, 0.29) is 55.2 Å². The number of carbonyl (C=O) groups excluding carboxylic acids is 2. The smallest absolute Gasteiger partial charge is 0.309 e. The Morgan fingerprint density at radius 2 is 1.80 bits per heavy atom. The highest BCUT2D eigenvalue weighted by Gasteiger charge is 2.29. The number of nitrogens with one attached hydrogen (secondary N) is 1. The number of aromatic amines is 1. The summed E-state index contributed by atoms with van der Waals surface area (Å²) < 4.78 is 7.28. The number of carbonyl (C=O) groups is 2. The van der Waals surface area contributed by atoms with Crippen LogP contribution >= 0.6 is 11.6 Å². The highest BCUT2D eigenvalue weighted by Crippen LogP contribution is 2.31. The Bertz CT molecular complexity index is 1740. The zero-order valence-electron chi connectivity index (χ0n) is 27.8. The molecule has 1 unspecified atom stereocenters. The van der Waals surface area contributed by atoms with Gasteiger partial charge in [-0.15, -0.1) is 20.3 Å². The summed E-state index contributed by atoms with van der Waals surface area (Å²) in [5.41, 5.74) is 14.8. The number of unbranched alkanes of at least 4 members (excludes halogenated alkanes) is 2. The number of aryl methyl sites for hydroxylation is 1. The van der Waals surface area contributed by atoms with Gasteiger partial charge in [-0.2, -0.15) is 5.21 Å². The molecule has 5 N–H and O–H groups in total. The van der Waals surface area contributed by atoms with E-state index in [0.717, 1.165) is 35.1 Å². The minimum absolute atomic E-state index is 0.0218. The number of Topliss-reactive ketones (excluding diaryl/α,β-unsaturated/α-hetero) is 1. The van der Waals surface area contributed by atoms with Gasteiger partial charge in [-0.3, -0.25) is 14.6 Å². The van der Waals surface area contributed by atoms with E-state index >= 15 is 0 Å². The van der Waals surface area contributed by atoms with E-state index in [4.69, 9.17) is 27.8 Å². The molecule has 0 saturated carbocycles. The molecule has 16 nitrogen and oxygen atoms in total. The molecule has 266 valence electrons. The van der Waals surface area contributed by atoms with E-state index in [1.165, 1.54) is 0 Å². The number of hydrogen-bond acceptors (Lipinski definition) is 11. The largest absolute Gasteiger partial charge is 0.465 e. The zero-order chi connectivity index (χ0) is 35.9. The van der Waals surface area contributed by atoms with Gasteiger partial charge >= 0.3 is 5.97 Å². The lowest BCUT2D eigenvalue weighted by atomic mass is 9.95. The summed E-state index contributed by atoms with van der Waals surface area (Å²) in [4.78, 5) is 50.3. The van der Waals surface area contributed by atoms with Crippen LogP contribution in [0.3, 0.4) is 0 Å². The van der Waals surface area contributed by atoms with Gasteiger partial charge in [0.1, 0.15) is 11.5 Å². The molecule has 4 rings (SSSR count). The maximum absolute atomic E-state index is 14.0. The number of ketones is 1. The van der Waals surface area contributed by atoms with Gasteiger partial charge in [0.2, 0.25) is 5.82 Å². The van der Waals surface area contributed by atoms with Crippen molar-refractivity contribution in [2.24, 2.45) is 22.4 Å². The van der Waals surface area contributed by atoms with Crippen LogP contribution in [0.1, 0.15) is 73.7 Å². The van der Waals surface area contributed by atoms with E-state index in [1.807, 2.05) is 53.1 Å². The van der Waals surface area contributed by atoms with Crippen molar-refractivity contribution in [3.8, 4) is 22.5 Å². The van der Waals surface area contributed by atoms with Crippen molar-refractivity contribution >= 4 is 29.3 Å². The number of benzene rings is 2. The number of imidazole rings is 1. The van der Waals surface area contributed by atoms with Gasteiger partial charge in [0.15, 0.2) is 16.9 Å². The van der Waals surface area contributed by atoms with Crippen LogP contribution in [0.4, 0.5) is 0 Å². The normalized spacial score (nSPS) is 11.6. The van der Waals surface area contributed by atoms with Crippen molar-refractivity contribution in [3.05, 3.63) is 80.9 Å². The third-order valence-corrected chi connectivity index (χ3v) is 8.15. The number of aromatic nitrogens is 6. The first-order valence-corrected chi connectivity index (χ1v) is 16.7. The molecule has 0 bridgehead atoms. The van der Waals surface area contributed by atoms with Crippen LogP contribution in [0.5, 0.6) is 0 Å². The van der Waals surface area contributed by atoms with Crippen molar-refractivity contribution in [1.29, 1.82) is 0 Å². The number of tetrazole rings is 1. The molecular weight excluding hydrogens is 668 g/mol. The molecule has 4 aromatic rings. The molecule has 1 atom stereocenters. The van der Waals surface area contributed by atoms with Crippen LogP contribution in [-0.2, 0) is 27.3 Å². The first kappa shape index (κ1) is 37.4. The summed E-state index contributed by atoms with van der Waals surface area (Å²) >= 11 is 6.65. The maximum atomic E-state index is 14.0. The number of nitrogens with zero attached hydrogens (tertiary/aromatic N) is 7. The van der Waals surface area contributed by atoms with E-state index in [9.17, 15) is 19.7 Å². The molecule has 0 spiro atoms. The summed E-state index contributed by atoms with van der Waals surface area (Å²) in [6.07, 6.45) is 3.60. The average molecular weight is 709 g/mol. The number of esters is 1. The summed E-state index contributed by atoms with van der Waals surface area (Å²) in [5, 5.41) is 24.0. The van der Waals surface area contributed by atoms with E-state index in [0.29, 0.717) is 43.9 Å². The number of halogens is 1. The van der Waals surface area contributed by atoms with Crippen LogP contribution < -0.4 is 11.5 Å². The molecule has 2 aromatic carbocycles. The Labute approximate surface area is 293 Å². The van der Waals surface area contributed by atoms with E-state index in [1.54, 1.807) is 0 Å². The number of aliphatic imine (C=N–C) groups is 1. The van der Waals surface area contributed by atoms with Crippen LogP contribution in [0.15, 0.2) is 53.5 Å². The van der Waals surface area contributed by atoms with E-state index in [2.05, 4.69) is 42.4 Å². The Balaban J connectivity index is 1.54. The van der Waals surface area contributed by atoms with Gasteiger partial charge in [0, 0.05) is 31.5 Å². The third-order valence-electron chi connectivity index (χ3n) is 7.89. The van der Waals surface area contributed by atoms with Crippen LogP contribution in [0.2, 0.25) is 5.15 Å². The Morgan fingerprint density at radius 1 is 1.06 bits per heavy atom. The summed E-state index contributed by atoms with van der Waals surface area (Å²) in [6, 6.07) is 15.7. The fraction of sp³-hybridized carbons (Fsp3) is 0.424. The quantitative estimate of drug-likeness (QED) is 0.0206. The molecular formula is C33H41ClN10O6. The molecule has 2 heterocycles. The third kappa shape index (κ3) is 10.8. The SMILES string of the molecule is CCCCc1nc(Cl)c(C(=O)CC(CCCN=C(N)N)C(=O)OCCCCO[N+](=O)[O-])n1Cc1ccc(-c2ccccc2-c2nn[nH]n2)cc1. The van der Waals surface area contributed by atoms with Gasteiger partial charge in [0.05, 0.1) is 19.1 Å². The van der Waals surface area contributed by atoms with E-state index < -0.39 is 17.0 Å². The van der Waals surface area contributed by atoms with Gasteiger partial charge in [-0.1, -0.05) is 73.5 Å². The summed E-state index contributed by atoms with van der Waals surface area (Å²) in [6.45, 7) is 2.59. The molecule has 0 aliphatic heterocycles. The first-order chi connectivity index (χ1) is 24.2. The predicted molar refractivity (Wildman–Crippen MR) is 185 cm³/mol. The molecule has 0 saturated heterocycles. The van der Waals surface area contributed by atoms with Crippen molar-refractivity contribution in [1.82, 2.24) is 30.2 Å². The number of rotatable bonds is 21. The number of H-pyrrole nitrogens is 1. The molecule has 0 radical (unpaired) electrons. The minimum Gasteiger partial charge on any atom is -0.465 e. The Hall–Kier alpha value is -5.38. The van der Waals surface area contributed by atoms with Gasteiger partial charge in [-0.25, -0.2) is 4.98 Å². The van der Waals surface area contributed by atoms with Crippen molar-refractivity contribution in [2.75, 3.05) is 19.8 Å². The number of ether oxygens (including phenoxy) is 1. The molecule has 0 aliphatic rings.